The van der Waals surface area contributed by atoms with E-state index in [0.29, 0.717) is 43.7 Å². The Bertz CT molecular complexity index is 1390. The van der Waals surface area contributed by atoms with E-state index in [4.69, 9.17) is 15.5 Å². The molecule has 0 saturated heterocycles. The van der Waals surface area contributed by atoms with Crippen LogP contribution in [0.3, 0.4) is 0 Å². The number of aromatic nitrogens is 3. The van der Waals surface area contributed by atoms with E-state index in [2.05, 4.69) is 14.3 Å². The fourth-order valence-electron chi connectivity index (χ4n) is 3.87. The van der Waals surface area contributed by atoms with Gasteiger partial charge in [0.15, 0.2) is 5.82 Å². The first-order valence-electron chi connectivity index (χ1n) is 10.7. The van der Waals surface area contributed by atoms with Crippen LogP contribution in [0.4, 0.5) is 10.2 Å². The zero-order chi connectivity index (χ0) is 23.4. The van der Waals surface area contributed by atoms with Crippen LogP contribution in [0.15, 0.2) is 53.4 Å². The number of unbranched alkanes of at least 4 members (excludes halogenated alkanes) is 1. The molecule has 8 nitrogen and oxygen atoms in total. The van der Waals surface area contributed by atoms with Gasteiger partial charge in [0.05, 0.1) is 17.6 Å². The van der Waals surface area contributed by atoms with Gasteiger partial charge < -0.3 is 15.0 Å². The minimum Gasteiger partial charge on any atom is -0.384 e. The van der Waals surface area contributed by atoms with E-state index in [1.54, 1.807) is 7.11 Å². The first-order valence-corrected chi connectivity index (χ1v) is 12.2. The topological polar surface area (TPSA) is 112 Å². The van der Waals surface area contributed by atoms with Crippen molar-refractivity contribution in [2.45, 2.75) is 30.7 Å². The molecule has 0 aliphatic carbocycles. The maximum absolute atomic E-state index is 13.8. The normalized spacial score (nSPS) is 12.1. The van der Waals surface area contributed by atoms with Gasteiger partial charge in [0.2, 0.25) is 10.0 Å². The van der Waals surface area contributed by atoms with Crippen molar-refractivity contribution >= 4 is 37.8 Å². The second-order valence-electron chi connectivity index (χ2n) is 7.67. The first-order chi connectivity index (χ1) is 15.9. The summed E-state index contributed by atoms with van der Waals surface area (Å²) < 4.78 is 48.4. The Hall–Kier alpha value is -3.08. The number of pyridine rings is 1. The van der Waals surface area contributed by atoms with Gasteiger partial charge in [0, 0.05) is 32.0 Å². The number of nitrogens with two attached hydrogens (primary N) is 1. The highest BCUT2D eigenvalue weighted by Crippen LogP contribution is 2.29. The summed E-state index contributed by atoms with van der Waals surface area (Å²) >= 11 is 0. The second-order valence-corrected chi connectivity index (χ2v) is 9.40. The van der Waals surface area contributed by atoms with E-state index in [0.717, 1.165) is 28.3 Å². The third-order valence-corrected chi connectivity index (χ3v) is 6.94. The number of ether oxygens (including phenoxy) is 1. The van der Waals surface area contributed by atoms with Gasteiger partial charge in [-0.05, 0) is 31.0 Å². The molecule has 0 atom stereocenters. The summed E-state index contributed by atoms with van der Waals surface area (Å²) in [5.41, 5.74) is 8.56. The minimum absolute atomic E-state index is 0.196. The molecule has 2 aromatic heterocycles. The SMILES string of the molecule is COCCc1nc2c(N)nc3ccccc3c2n1CCCCNS(=O)(=O)c1ccccc1F. The number of aryl methyl sites for hydroxylation is 1. The van der Waals surface area contributed by atoms with Crippen molar-refractivity contribution in [1.82, 2.24) is 19.3 Å². The van der Waals surface area contributed by atoms with Gasteiger partial charge in [-0.2, -0.15) is 0 Å². The first kappa shape index (κ1) is 23.1. The molecule has 0 aliphatic rings. The summed E-state index contributed by atoms with van der Waals surface area (Å²) in [6.45, 7) is 1.32. The predicted octanol–water partition coefficient (Wildman–Crippen LogP) is 3.25. The Labute approximate surface area is 191 Å². The maximum Gasteiger partial charge on any atom is 0.243 e. The van der Waals surface area contributed by atoms with Crippen molar-refractivity contribution in [3.63, 3.8) is 0 Å². The number of hydrogen-bond donors (Lipinski definition) is 2. The smallest absolute Gasteiger partial charge is 0.243 e. The number of methoxy groups -OCH3 is 1. The van der Waals surface area contributed by atoms with Gasteiger partial charge in [-0.3, -0.25) is 0 Å². The number of rotatable bonds is 10. The highest BCUT2D eigenvalue weighted by atomic mass is 32.2. The van der Waals surface area contributed by atoms with Crippen LogP contribution in [0.5, 0.6) is 0 Å². The molecule has 4 rings (SSSR count). The van der Waals surface area contributed by atoms with E-state index in [1.807, 2.05) is 24.3 Å². The van der Waals surface area contributed by atoms with Gasteiger partial charge in [0.1, 0.15) is 22.1 Å². The third kappa shape index (κ3) is 4.82. The average molecular weight is 472 g/mol. The number of nitrogens with one attached hydrogen (secondary N) is 1. The Balaban J connectivity index is 1.52. The molecule has 2 aromatic carbocycles. The third-order valence-electron chi connectivity index (χ3n) is 5.45. The average Bonchev–Trinajstić information content (AvgIpc) is 3.17. The number of imidazole rings is 1. The molecule has 2 heterocycles. The van der Waals surface area contributed by atoms with E-state index in [9.17, 15) is 12.8 Å². The molecule has 0 aliphatic heterocycles. The van der Waals surface area contributed by atoms with Crippen molar-refractivity contribution in [3.8, 4) is 0 Å². The van der Waals surface area contributed by atoms with Crippen molar-refractivity contribution in [2.75, 3.05) is 26.0 Å². The van der Waals surface area contributed by atoms with Crippen LogP contribution < -0.4 is 10.5 Å². The molecule has 4 aromatic rings. The Morgan fingerprint density at radius 3 is 2.64 bits per heavy atom. The number of hydrogen-bond acceptors (Lipinski definition) is 6. The van der Waals surface area contributed by atoms with Crippen LogP contribution in [-0.4, -0.2) is 43.2 Å². The van der Waals surface area contributed by atoms with Gasteiger partial charge in [-0.25, -0.2) is 27.5 Å². The second kappa shape index (κ2) is 9.82. The number of para-hydroxylation sites is 1. The van der Waals surface area contributed by atoms with Gasteiger partial charge in [0.25, 0.3) is 0 Å². The number of nitrogen functional groups attached to an aromatic ring is 1. The number of benzene rings is 2. The van der Waals surface area contributed by atoms with Gasteiger partial charge in [-0.15, -0.1) is 0 Å². The fraction of sp³-hybridized carbons (Fsp3) is 0.304. The number of halogens is 1. The lowest BCUT2D eigenvalue weighted by Gasteiger charge is -2.11. The summed E-state index contributed by atoms with van der Waals surface area (Å²) in [4.78, 5) is 8.86. The highest BCUT2D eigenvalue weighted by Gasteiger charge is 2.19. The van der Waals surface area contributed by atoms with Crippen LogP contribution in [0, 0.1) is 5.82 Å². The lowest BCUT2D eigenvalue weighted by molar-refractivity contribution is 0.199. The number of fused-ring (bicyclic) bond motifs is 3. The molecule has 0 spiro atoms. The van der Waals surface area contributed by atoms with Crippen LogP contribution in [0.25, 0.3) is 21.9 Å². The van der Waals surface area contributed by atoms with E-state index >= 15 is 0 Å². The van der Waals surface area contributed by atoms with E-state index < -0.39 is 15.8 Å². The summed E-state index contributed by atoms with van der Waals surface area (Å²) in [6, 6.07) is 13.1. The summed E-state index contributed by atoms with van der Waals surface area (Å²) in [5, 5.41) is 0.957. The van der Waals surface area contributed by atoms with Crippen LogP contribution in [0.1, 0.15) is 18.7 Å². The molecule has 0 bridgehead atoms. The van der Waals surface area contributed by atoms with Crippen LogP contribution in [0.2, 0.25) is 0 Å². The summed E-state index contributed by atoms with van der Waals surface area (Å²) in [7, 11) is -2.26. The van der Waals surface area contributed by atoms with E-state index in [1.165, 1.54) is 18.2 Å². The largest absolute Gasteiger partial charge is 0.384 e. The molecule has 10 heteroatoms. The number of sulfonamides is 1. The van der Waals surface area contributed by atoms with Gasteiger partial charge in [-0.1, -0.05) is 30.3 Å². The molecule has 0 radical (unpaired) electrons. The number of anilines is 1. The lowest BCUT2D eigenvalue weighted by atomic mass is 10.2. The Kier molecular flexibility index (Phi) is 6.87. The summed E-state index contributed by atoms with van der Waals surface area (Å²) in [6.07, 6.45) is 1.86. The molecule has 0 fully saturated rings. The maximum atomic E-state index is 13.8. The van der Waals surface area contributed by atoms with E-state index in [-0.39, 0.29) is 11.4 Å². The molecule has 3 N–H and O–H groups in total. The molecule has 0 saturated carbocycles. The van der Waals surface area contributed by atoms with Crippen molar-refractivity contribution in [1.29, 1.82) is 0 Å². The van der Waals surface area contributed by atoms with Crippen molar-refractivity contribution in [3.05, 3.63) is 60.2 Å². The zero-order valence-electron chi connectivity index (χ0n) is 18.3. The van der Waals surface area contributed by atoms with Crippen LogP contribution in [-0.2, 0) is 27.7 Å². The predicted molar refractivity (Wildman–Crippen MR) is 126 cm³/mol. The molecular weight excluding hydrogens is 445 g/mol. The Morgan fingerprint density at radius 2 is 1.85 bits per heavy atom. The molecule has 174 valence electrons. The summed E-state index contributed by atoms with van der Waals surface area (Å²) in [5.74, 6) is 0.443. The molecular formula is C23H26FN5O3S. The minimum atomic E-state index is -3.90. The fourth-order valence-corrected chi connectivity index (χ4v) is 5.02. The molecule has 33 heavy (non-hydrogen) atoms. The molecule has 0 amide bonds. The lowest BCUT2D eigenvalue weighted by Crippen LogP contribution is -2.25. The number of nitrogens with zero attached hydrogens (tertiary/aromatic N) is 3. The molecule has 0 unspecified atom stereocenters. The van der Waals surface area contributed by atoms with Crippen molar-refractivity contribution in [2.24, 2.45) is 0 Å². The van der Waals surface area contributed by atoms with Crippen LogP contribution >= 0.6 is 0 Å². The Morgan fingerprint density at radius 1 is 1.09 bits per heavy atom. The monoisotopic (exact) mass is 471 g/mol. The quantitative estimate of drug-likeness (QED) is 0.344. The van der Waals surface area contributed by atoms with Crippen molar-refractivity contribution < 1.29 is 17.5 Å². The van der Waals surface area contributed by atoms with Gasteiger partial charge >= 0.3 is 0 Å². The standard InChI is InChI=1S/C23H26FN5O3S/c1-32-15-12-20-28-21-22(16-8-2-4-10-18(16)27-23(21)25)29(20)14-7-6-13-26-33(30,31)19-11-5-3-9-17(19)24/h2-5,8-11,26H,6-7,12-15H2,1H3,(H2,25,27). The zero-order valence-corrected chi connectivity index (χ0v) is 19.1. The highest BCUT2D eigenvalue weighted by molar-refractivity contribution is 7.89.